The van der Waals surface area contributed by atoms with Crippen molar-refractivity contribution in [2.75, 3.05) is 0 Å². The number of unbranched alkanes of at least 4 members (excludes halogenated alkanes) is 1. The molecule has 1 aliphatic carbocycles. The number of aromatic amines is 1. The maximum atomic E-state index is 14.1. The number of imidazole rings is 1. The van der Waals surface area contributed by atoms with Crippen LogP contribution in [0.3, 0.4) is 0 Å². The van der Waals surface area contributed by atoms with E-state index in [0.29, 0.717) is 24.2 Å². The van der Waals surface area contributed by atoms with Crippen molar-refractivity contribution in [3.05, 3.63) is 70.7 Å². The second-order valence-electron chi connectivity index (χ2n) is 11.0. The van der Waals surface area contributed by atoms with E-state index in [1.54, 1.807) is 13.1 Å². The highest BCUT2D eigenvalue weighted by atomic mass is 16.2. The van der Waals surface area contributed by atoms with Gasteiger partial charge in [0.25, 0.3) is 0 Å². The van der Waals surface area contributed by atoms with Crippen molar-refractivity contribution in [3.63, 3.8) is 0 Å². The van der Waals surface area contributed by atoms with Crippen molar-refractivity contribution >= 4 is 5.78 Å². The van der Waals surface area contributed by atoms with Crippen LogP contribution in [-0.4, -0.2) is 40.5 Å². The number of H-pyrrole nitrogens is 1. The molecule has 0 spiro atoms. The van der Waals surface area contributed by atoms with Crippen molar-refractivity contribution in [2.45, 2.75) is 72.4 Å². The molecule has 3 unspecified atom stereocenters. The molecule has 9 heteroatoms. The van der Waals surface area contributed by atoms with E-state index in [9.17, 15) is 9.59 Å². The second kappa shape index (κ2) is 11.5. The molecule has 0 saturated heterocycles. The van der Waals surface area contributed by atoms with Crippen LogP contribution in [0.1, 0.15) is 70.7 Å². The fraction of sp³-hybridized carbons (Fsp3) is 0.467. The molecule has 5 rings (SSSR count). The van der Waals surface area contributed by atoms with Crippen molar-refractivity contribution in [2.24, 2.45) is 17.8 Å². The maximum Gasteiger partial charge on any atom is 0.328 e. The number of Topliss-reactive ketones (excluding diaryl/α,β-unsaturated/α-hetero) is 1. The molecule has 1 aliphatic rings. The lowest BCUT2D eigenvalue weighted by atomic mass is 9.87. The summed E-state index contributed by atoms with van der Waals surface area (Å²) in [6.07, 6.45) is 10.3. The van der Waals surface area contributed by atoms with Gasteiger partial charge in [0.2, 0.25) is 0 Å². The minimum atomic E-state index is -0.124. The number of nitrogens with zero attached hydrogens (tertiary/aromatic N) is 6. The molecular formula is C30H37N7O2. The van der Waals surface area contributed by atoms with E-state index in [0.717, 1.165) is 60.1 Å². The van der Waals surface area contributed by atoms with Crippen LogP contribution in [0.2, 0.25) is 0 Å². The van der Waals surface area contributed by atoms with Crippen LogP contribution in [0.4, 0.5) is 0 Å². The SMILES string of the molecule is CCCCc1cn(C2C(C(C)=O)CCC2C(C)C)c(=O)n1Cc1cnccc1-c1ccccc1-c1nnn[nH]1. The van der Waals surface area contributed by atoms with Crippen LogP contribution in [-0.2, 0) is 17.8 Å². The predicted octanol–water partition coefficient (Wildman–Crippen LogP) is 5.10. The zero-order valence-electron chi connectivity index (χ0n) is 23.2. The van der Waals surface area contributed by atoms with Gasteiger partial charge in [0.15, 0.2) is 5.82 Å². The Hall–Kier alpha value is -3.88. The Labute approximate surface area is 228 Å². The molecule has 1 aromatic carbocycles. The lowest BCUT2D eigenvalue weighted by Gasteiger charge is -2.27. The lowest BCUT2D eigenvalue weighted by molar-refractivity contribution is -0.121. The highest BCUT2D eigenvalue weighted by molar-refractivity contribution is 5.82. The summed E-state index contributed by atoms with van der Waals surface area (Å²) in [7, 11) is 0. The van der Waals surface area contributed by atoms with Gasteiger partial charge in [-0.05, 0) is 77.6 Å². The summed E-state index contributed by atoms with van der Waals surface area (Å²) in [5.41, 5.74) is 4.70. The number of aryl methyl sites for hydroxylation is 1. The zero-order valence-corrected chi connectivity index (χ0v) is 23.2. The average Bonchev–Trinajstić information content (AvgIpc) is 3.68. The molecule has 4 aromatic rings. The molecule has 3 aromatic heterocycles. The molecule has 39 heavy (non-hydrogen) atoms. The lowest BCUT2D eigenvalue weighted by Crippen LogP contribution is -2.35. The first kappa shape index (κ1) is 26.7. The summed E-state index contributed by atoms with van der Waals surface area (Å²) < 4.78 is 3.78. The minimum absolute atomic E-state index is 0.0487. The number of rotatable bonds is 10. The van der Waals surface area contributed by atoms with E-state index in [4.69, 9.17) is 0 Å². The Kier molecular flexibility index (Phi) is 7.86. The molecular weight excluding hydrogens is 490 g/mol. The highest BCUT2D eigenvalue weighted by Crippen LogP contribution is 2.44. The number of hydrogen-bond donors (Lipinski definition) is 1. The van der Waals surface area contributed by atoms with Crippen molar-refractivity contribution in [1.82, 2.24) is 34.7 Å². The van der Waals surface area contributed by atoms with Crippen molar-refractivity contribution < 1.29 is 4.79 Å². The first-order chi connectivity index (χ1) is 18.9. The molecule has 0 bridgehead atoms. The van der Waals surface area contributed by atoms with Crippen LogP contribution in [0, 0.1) is 17.8 Å². The topological polar surface area (TPSA) is 111 Å². The Bertz CT molecular complexity index is 1490. The van der Waals surface area contributed by atoms with Gasteiger partial charge in [0, 0.05) is 35.8 Å². The number of tetrazole rings is 1. The number of ketones is 1. The minimum Gasteiger partial charge on any atom is -0.300 e. The maximum absolute atomic E-state index is 14.1. The average molecular weight is 528 g/mol. The monoisotopic (exact) mass is 527 g/mol. The third-order valence-electron chi connectivity index (χ3n) is 8.28. The molecule has 0 radical (unpaired) electrons. The van der Waals surface area contributed by atoms with Crippen LogP contribution >= 0.6 is 0 Å². The van der Waals surface area contributed by atoms with Crippen LogP contribution in [0.15, 0.2) is 53.7 Å². The number of benzene rings is 1. The Morgan fingerprint density at radius 1 is 1.13 bits per heavy atom. The number of carbonyl (C=O) groups excluding carboxylic acids is 1. The van der Waals surface area contributed by atoms with Gasteiger partial charge in [-0.2, -0.15) is 0 Å². The normalized spacial score (nSPS) is 19.2. The number of pyridine rings is 1. The molecule has 1 saturated carbocycles. The molecule has 3 atom stereocenters. The predicted molar refractivity (Wildman–Crippen MR) is 150 cm³/mol. The van der Waals surface area contributed by atoms with E-state index < -0.39 is 0 Å². The van der Waals surface area contributed by atoms with Crippen molar-refractivity contribution in [3.8, 4) is 22.5 Å². The molecule has 3 heterocycles. The fourth-order valence-electron chi connectivity index (χ4n) is 6.26. The Balaban J connectivity index is 1.60. The summed E-state index contributed by atoms with van der Waals surface area (Å²) >= 11 is 0. The molecule has 1 fully saturated rings. The first-order valence-electron chi connectivity index (χ1n) is 14.0. The molecule has 9 nitrogen and oxygen atoms in total. The van der Waals surface area contributed by atoms with Gasteiger partial charge in [-0.25, -0.2) is 9.89 Å². The van der Waals surface area contributed by atoms with Gasteiger partial charge < -0.3 is 0 Å². The van der Waals surface area contributed by atoms with Crippen LogP contribution < -0.4 is 5.69 Å². The smallest absolute Gasteiger partial charge is 0.300 e. The van der Waals surface area contributed by atoms with Gasteiger partial charge in [-0.3, -0.25) is 18.9 Å². The standard InChI is InChI=1S/C30H37N7O2/c1-5-6-9-22-18-37(28-23(19(2)3)12-13-24(28)20(4)38)30(39)36(22)17-21-16-31-15-14-25(21)26-10-7-8-11-27(26)29-32-34-35-33-29/h7-8,10-11,14-16,18-19,23-24,28H,5-6,9,12-13,17H2,1-4H3,(H,32,33,34,35). The van der Waals surface area contributed by atoms with Gasteiger partial charge in [-0.15, -0.1) is 5.10 Å². The number of nitrogens with one attached hydrogen (secondary N) is 1. The summed E-state index contributed by atoms with van der Waals surface area (Å²) in [5.74, 6) is 1.31. The third-order valence-corrected chi connectivity index (χ3v) is 8.28. The van der Waals surface area contributed by atoms with Crippen molar-refractivity contribution in [1.29, 1.82) is 0 Å². The van der Waals surface area contributed by atoms with Gasteiger partial charge >= 0.3 is 5.69 Å². The van der Waals surface area contributed by atoms with Gasteiger partial charge in [-0.1, -0.05) is 51.5 Å². The Morgan fingerprint density at radius 3 is 2.62 bits per heavy atom. The fourth-order valence-corrected chi connectivity index (χ4v) is 6.26. The van der Waals surface area contributed by atoms with E-state index in [-0.39, 0.29) is 23.4 Å². The van der Waals surface area contributed by atoms with Gasteiger partial charge in [0.05, 0.1) is 12.6 Å². The Morgan fingerprint density at radius 2 is 1.92 bits per heavy atom. The molecule has 1 N–H and O–H groups in total. The second-order valence-corrected chi connectivity index (χ2v) is 11.0. The zero-order chi connectivity index (χ0) is 27.5. The number of hydrogen-bond acceptors (Lipinski definition) is 6. The molecule has 204 valence electrons. The highest BCUT2D eigenvalue weighted by Gasteiger charge is 2.42. The van der Waals surface area contributed by atoms with Crippen LogP contribution in [0.5, 0.6) is 0 Å². The molecule has 0 aliphatic heterocycles. The van der Waals surface area contributed by atoms with E-state index in [1.165, 1.54) is 0 Å². The van der Waals surface area contributed by atoms with E-state index >= 15 is 0 Å². The summed E-state index contributed by atoms with van der Waals surface area (Å²) in [6, 6.07) is 9.81. The number of carbonyl (C=O) groups is 1. The van der Waals surface area contributed by atoms with Gasteiger partial charge in [0.1, 0.15) is 5.78 Å². The third kappa shape index (κ3) is 5.22. The quantitative estimate of drug-likeness (QED) is 0.307. The van der Waals surface area contributed by atoms with Crippen LogP contribution in [0.25, 0.3) is 22.5 Å². The summed E-state index contributed by atoms with van der Waals surface area (Å²) in [5, 5.41) is 14.5. The summed E-state index contributed by atoms with van der Waals surface area (Å²) in [4.78, 5) is 31.2. The summed E-state index contributed by atoms with van der Waals surface area (Å²) in [6.45, 7) is 8.61. The first-order valence-corrected chi connectivity index (χ1v) is 14.0. The molecule has 0 amide bonds. The van der Waals surface area contributed by atoms with E-state index in [2.05, 4.69) is 46.4 Å². The largest absolute Gasteiger partial charge is 0.328 e. The van der Waals surface area contributed by atoms with E-state index in [1.807, 2.05) is 51.9 Å². The number of aromatic nitrogens is 7.